The highest BCUT2D eigenvalue weighted by molar-refractivity contribution is 7.08. The number of aryl methyl sites for hydroxylation is 1. The molecule has 98 valence electrons. The molecule has 0 fully saturated rings. The summed E-state index contributed by atoms with van der Waals surface area (Å²) in [5, 5.41) is 15.9. The van der Waals surface area contributed by atoms with E-state index in [0.717, 1.165) is 11.1 Å². The standard InChI is InChI=1S/C11H12N6OS/c1-7-5-19-6-8(7)10-13-11(18-15-10)9-4-17(3-2-12)16-14-9/h4-6H,2-3,12H2,1H3. The normalized spacial score (nSPS) is 11.1. The van der Waals surface area contributed by atoms with Crippen LogP contribution in [0.25, 0.3) is 23.0 Å². The summed E-state index contributed by atoms with van der Waals surface area (Å²) >= 11 is 1.61. The summed E-state index contributed by atoms with van der Waals surface area (Å²) < 4.78 is 6.87. The molecule has 0 amide bonds. The summed E-state index contributed by atoms with van der Waals surface area (Å²) in [4.78, 5) is 4.34. The van der Waals surface area contributed by atoms with Crippen molar-refractivity contribution in [1.82, 2.24) is 25.1 Å². The molecule has 8 heteroatoms. The smallest absolute Gasteiger partial charge is 0.280 e. The Morgan fingerprint density at radius 2 is 2.32 bits per heavy atom. The van der Waals surface area contributed by atoms with Gasteiger partial charge in [0, 0.05) is 17.5 Å². The lowest BCUT2D eigenvalue weighted by Crippen LogP contribution is -2.10. The van der Waals surface area contributed by atoms with Gasteiger partial charge in [-0.3, -0.25) is 4.68 Å². The van der Waals surface area contributed by atoms with Crippen molar-refractivity contribution in [2.45, 2.75) is 13.5 Å². The van der Waals surface area contributed by atoms with Crippen LogP contribution in [0, 0.1) is 6.92 Å². The molecule has 0 saturated heterocycles. The van der Waals surface area contributed by atoms with Gasteiger partial charge in [0.05, 0.1) is 12.7 Å². The molecule has 0 atom stereocenters. The van der Waals surface area contributed by atoms with Crippen LogP contribution in [0.5, 0.6) is 0 Å². The number of thiophene rings is 1. The van der Waals surface area contributed by atoms with E-state index in [4.69, 9.17) is 10.3 Å². The number of hydrogen-bond acceptors (Lipinski definition) is 7. The minimum atomic E-state index is 0.365. The molecule has 0 spiro atoms. The second kappa shape index (κ2) is 4.90. The van der Waals surface area contributed by atoms with Crippen molar-refractivity contribution in [3.8, 4) is 23.0 Å². The quantitative estimate of drug-likeness (QED) is 0.772. The van der Waals surface area contributed by atoms with E-state index in [1.165, 1.54) is 0 Å². The average Bonchev–Trinajstić information content (AvgIpc) is 3.08. The maximum atomic E-state index is 5.45. The van der Waals surface area contributed by atoms with E-state index in [2.05, 4.69) is 20.5 Å². The number of hydrogen-bond donors (Lipinski definition) is 1. The van der Waals surface area contributed by atoms with Gasteiger partial charge in [-0.05, 0) is 17.9 Å². The van der Waals surface area contributed by atoms with E-state index in [1.807, 2.05) is 17.7 Å². The van der Waals surface area contributed by atoms with E-state index in [0.29, 0.717) is 30.5 Å². The van der Waals surface area contributed by atoms with Gasteiger partial charge >= 0.3 is 0 Å². The first-order chi connectivity index (χ1) is 9.28. The van der Waals surface area contributed by atoms with Crippen molar-refractivity contribution in [3.05, 3.63) is 22.5 Å². The molecule has 0 radical (unpaired) electrons. The highest BCUT2D eigenvalue weighted by atomic mass is 32.1. The fourth-order valence-electron chi connectivity index (χ4n) is 1.66. The maximum Gasteiger partial charge on any atom is 0.280 e. The van der Waals surface area contributed by atoms with Crippen LogP contribution in [-0.2, 0) is 6.54 Å². The molecule has 2 N–H and O–H groups in total. The molecule has 0 aliphatic heterocycles. The van der Waals surface area contributed by atoms with Crippen LogP contribution < -0.4 is 5.73 Å². The number of nitrogens with zero attached hydrogens (tertiary/aromatic N) is 5. The van der Waals surface area contributed by atoms with Crippen LogP contribution in [0.15, 0.2) is 21.5 Å². The van der Waals surface area contributed by atoms with Gasteiger partial charge in [0.25, 0.3) is 5.89 Å². The van der Waals surface area contributed by atoms with Crippen LogP contribution in [0.2, 0.25) is 0 Å². The molecule has 0 aliphatic carbocycles. The molecule has 0 bridgehead atoms. The Morgan fingerprint density at radius 3 is 3.05 bits per heavy atom. The van der Waals surface area contributed by atoms with Crippen LogP contribution in [-0.4, -0.2) is 31.7 Å². The van der Waals surface area contributed by atoms with E-state index in [-0.39, 0.29) is 0 Å². The molecule has 3 aromatic rings. The van der Waals surface area contributed by atoms with Gasteiger partial charge in [-0.2, -0.15) is 16.3 Å². The lowest BCUT2D eigenvalue weighted by molar-refractivity contribution is 0.431. The minimum absolute atomic E-state index is 0.365. The summed E-state index contributed by atoms with van der Waals surface area (Å²) in [5.41, 5.74) is 8.12. The first-order valence-electron chi connectivity index (χ1n) is 5.75. The van der Waals surface area contributed by atoms with Crippen molar-refractivity contribution in [1.29, 1.82) is 0 Å². The zero-order chi connectivity index (χ0) is 13.2. The SMILES string of the molecule is Cc1cscc1-c1noc(-c2cn(CCN)nn2)n1. The third-order valence-electron chi connectivity index (χ3n) is 2.64. The van der Waals surface area contributed by atoms with Gasteiger partial charge < -0.3 is 10.3 Å². The van der Waals surface area contributed by atoms with Gasteiger partial charge in [0.15, 0.2) is 5.69 Å². The molecular weight excluding hydrogens is 264 g/mol. The summed E-state index contributed by atoms with van der Waals surface area (Å²) in [6, 6.07) is 0. The Morgan fingerprint density at radius 1 is 1.42 bits per heavy atom. The maximum absolute atomic E-state index is 5.45. The van der Waals surface area contributed by atoms with Crippen molar-refractivity contribution >= 4 is 11.3 Å². The first-order valence-corrected chi connectivity index (χ1v) is 6.69. The van der Waals surface area contributed by atoms with Crippen LogP contribution >= 0.6 is 11.3 Å². The Labute approximate surface area is 113 Å². The monoisotopic (exact) mass is 276 g/mol. The molecule has 0 aromatic carbocycles. The summed E-state index contributed by atoms with van der Waals surface area (Å²) in [7, 11) is 0. The molecule has 0 saturated carbocycles. The van der Waals surface area contributed by atoms with Crippen LogP contribution in [0.3, 0.4) is 0 Å². The molecular formula is C11H12N6OS. The molecule has 3 rings (SSSR count). The highest BCUT2D eigenvalue weighted by Gasteiger charge is 2.15. The molecule has 19 heavy (non-hydrogen) atoms. The van der Waals surface area contributed by atoms with Gasteiger partial charge in [-0.25, -0.2) is 0 Å². The lowest BCUT2D eigenvalue weighted by atomic mass is 10.2. The van der Waals surface area contributed by atoms with Crippen molar-refractivity contribution in [2.24, 2.45) is 5.73 Å². The average molecular weight is 276 g/mol. The largest absolute Gasteiger partial charge is 0.332 e. The van der Waals surface area contributed by atoms with Gasteiger partial charge in [0.1, 0.15) is 0 Å². The molecule has 0 unspecified atom stereocenters. The van der Waals surface area contributed by atoms with E-state index >= 15 is 0 Å². The number of nitrogens with two attached hydrogens (primary N) is 1. The van der Waals surface area contributed by atoms with Crippen LogP contribution in [0.4, 0.5) is 0 Å². The van der Waals surface area contributed by atoms with Crippen molar-refractivity contribution < 1.29 is 4.52 Å². The van der Waals surface area contributed by atoms with E-state index in [1.54, 1.807) is 22.2 Å². The lowest BCUT2D eigenvalue weighted by Gasteiger charge is -1.91. The Kier molecular flexibility index (Phi) is 3.10. The van der Waals surface area contributed by atoms with Crippen molar-refractivity contribution in [3.63, 3.8) is 0 Å². The van der Waals surface area contributed by atoms with Gasteiger partial charge in [-0.15, -0.1) is 5.10 Å². The minimum Gasteiger partial charge on any atom is -0.332 e. The number of rotatable bonds is 4. The third-order valence-corrected chi connectivity index (χ3v) is 3.50. The highest BCUT2D eigenvalue weighted by Crippen LogP contribution is 2.26. The molecule has 3 heterocycles. The predicted octanol–water partition coefficient (Wildman–Crippen LogP) is 1.32. The second-order valence-corrected chi connectivity index (χ2v) is 4.79. The Bertz CT molecular complexity index is 685. The summed E-state index contributed by atoms with van der Waals surface area (Å²) in [5.74, 6) is 0.936. The zero-order valence-electron chi connectivity index (χ0n) is 10.3. The summed E-state index contributed by atoms with van der Waals surface area (Å²) in [6.45, 7) is 3.13. The van der Waals surface area contributed by atoms with Crippen molar-refractivity contribution in [2.75, 3.05) is 6.54 Å². The van der Waals surface area contributed by atoms with Gasteiger partial charge in [-0.1, -0.05) is 10.4 Å². The fraction of sp³-hybridized carbons (Fsp3) is 0.273. The number of aromatic nitrogens is 5. The van der Waals surface area contributed by atoms with Crippen LogP contribution in [0.1, 0.15) is 5.56 Å². The summed E-state index contributed by atoms with van der Waals surface area (Å²) in [6.07, 6.45) is 1.74. The van der Waals surface area contributed by atoms with E-state index < -0.39 is 0 Å². The van der Waals surface area contributed by atoms with Gasteiger partial charge in [0.2, 0.25) is 5.82 Å². The Balaban J connectivity index is 1.90. The predicted molar refractivity (Wildman–Crippen MR) is 70.4 cm³/mol. The molecule has 7 nitrogen and oxygen atoms in total. The zero-order valence-corrected chi connectivity index (χ0v) is 11.1. The van der Waals surface area contributed by atoms with E-state index in [9.17, 15) is 0 Å². The Hall–Kier alpha value is -2.06. The topological polar surface area (TPSA) is 95.7 Å². The fourth-order valence-corrected chi connectivity index (χ4v) is 2.49. The second-order valence-electron chi connectivity index (χ2n) is 4.05. The third kappa shape index (κ3) is 2.27. The molecule has 3 aromatic heterocycles. The first kappa shape index (κ1) is 12.0. The molecule has 0 aliphatic rings.